The molecule has 0 aliphatic heterocycles. The third-order valence-corrected chi connectivity index (χ3v) is 5.73. The predicted octanol–water partition coefficient (Wildman–Crippen LogP) is 5.78. The number of aromatic nitrogens is 1. The molecule has 144 valence electrons. The molecule has 0 atom stereocenters. The lowest BCUT2D eigenvalue weighted by atomic mass is 10.1. The van der Waals surface area contributed by atoms with Crippen LogP contribution in [0.25, 0.3) is 11.3 Å². The van der Waals surface area contributed by atoms with E-state index in [0.29, 0.717) is 16.4 Å². The number of rotatable bonds is 4. The van der Waals surface area contributed by atoms with E-state index in [-0.39, 0.29) is 11.0 Å². The maximum Gasteiger partial charge on any atom is 0.261 e. The zero-order valence-electron chi connectivity index (χ0n) is 14.9. The number of anilines is 1. The smallest absolute Gasteiger partial charge is 0.261 e. The van der Waals surface area contributed by atoms with E-state index in [1.165, 1.54) is 18.4 Å². The number of nitrogens with zero attached hydrogens (tertiary/aromatic N) is 1. The standard InChI is InChI=1S/C19H15Br2N3O2S2/c1-10-7-13(21)8-14(16(10)26-2)17(25)23-18(27)24-19-22-15(9-28-19)11-3-5-12(20)6-4-11/h3-9H,1-2H3,(H2,22,23,24,25,27). The fourth-order valence-corrected chi connectivity index (χ4v) is 4.37. The number of amides is 1. The second-order valence-electron chi connectivity index (χ2n) is 5.76. The molecule has 0 fully saturated rings. The van der Waals surface area contributed by atoms with Gasteiger partial charge in [-0.2, -0.15) is 0 Å². The Balaban J connectivity index is 1.70. The summed E-state index contributed by atoms with van der Waals surface area (Å²) in [6.07, 6.45) is 0. The normalized spacial score (nSPS) is 10.4. The number of ether oxygens (including phenoxy) is 1. The van der Waals surface area contributed by atoms with Gasteiger partial charge in [0.05, 0.1) is 18.4 Å². The molecule has 0 bridgehead atoms. The minimum absolute atomic E-state index is 0.168. The highest BCUT2D eigenvalue weighted by Crippen LogP contribution is 2.28. The molecule has 0 spiro atoms. The number of nitrogens with one attached hydrogen (secondary N) is 2. The molecule has 28 heavy (non-hydrogen) atoms. The molecule has 1 amide bonds. The molecule has 0 aliphatic carbocycles. The summed E-state index contributed by atoms with van der Waals surface area (Å²) < 4.78 is 7.15. The van der Waals surface area contributed by atoms with Crippen LogP contribution in [0.3, 0.4) is 0 Å². The van der Waals surface area contributed by atoms with E-state index in [1.54, 1.807) is 6.07 Å². The second kappa shape index (κ2) is 9.13. The lowest BCUT2D eigenvalue weighted by Gasteiger charge is -2.13. The van der Waals surface area contributed by atoms with Crippen molar-refractivity contribution in [1.82, 2.24) is 10.3 Å². The molecular formula is C19H15Br2N3O2S2. The number of halogens is 2. The summed E-state index contributed by atoms with van der Waals surface area (Å²) in [6.45, 7) is 1.87. The first-order chi connectivity index (χ1) is 13.4. The van der Waals surface area contributed by atoms with Crippen molar-refractivity contribution in [2.24, 2.45) is 0 Å². The van der Waals surface area contributed by atoms with Crippen molar-refractivity contribution in [2.45, 2.75) is 6.92 Å². The summed E-state index contributed by atoms with van der Waals surface area (Å²) in [6, 6.07) is 11.4. The number of thiocarbonyl (C=S) groups is 1. The highest BCUT2D eigenvalue weighted by atomic mass is 79.9. The topological polar surface area (TPSA) is 63.2 Å². The average Bonchev–Trinajstić information content (AvgIpc) is 3.09. The van der Waals surface area contributed by atoms with Crippen molar-refractivity contribution in [3.8, 4) is 17.0 Å². The third kappa shape index (κ3) is 4.96. The molecule has 9 heteroatoms. The van der Waals surface area contributed by atoms with Crippen LogP contribution in [0, 0.1) is 6.92 Å². The Morgan fingerprint density at radius 1 is 1.18 bits per heavy atom. The van der Waals surface area contributed by atoms with E-state index in [4.69, 9.17) is 17.0 Å². The first-order valence-electron chi connectivity index (χ1n) is 8.05. The maximum atomic E-state index is 12.6. The molecule has 2 aromatic carbocycles. The Morgan fingerprint density at radius 3 is 2.57 bits per heavy atom. The second-order valence-corrected chi connectivity index (χ2v) is 8.85. The summed E-state index contributed by atoms with van der Waals surface area (Å²) >= 11 is 13.5. The monoisotopic (exact) mass is 539 g/mol. The minimum atomic E-state index is -0.358. The molecule has 2 N–H and O–H groups in total. The van der Waals surface area contributed by atoms with Gasteiger partial charge in [-0.1, -0.05) is 44.0 Å². The number of hydrogen-bond acceptors (Lipinski definition) is 5. The average molecular weight is 541 g/mol. The van der Waals surface area contributed by atoms with E-state index in [1.807, 2.05) is 42.6 Å². The van der Waals surface area contributed by atoms with Crippen LogP contribution >= 0.6 is 55.4 Å². The third-order valence-electron chi connectivity index (χ3n) is 3.78. The molecule has 3 aromatic rings. The van der Waals surface area contributed by atoms with Crippen LogP contribution in [0.2, 0.25) is 0 Å². The fraction of sp³-hybridized carbons (Fsp3) is 0.105. The quantitative estimate of drug-likeness (QED) is 0.411. The fourth-order valence-electron chi connectivity index (χ4n) is 2.55. The van der Waals surface area contributed by atoms with Gasteiger partial charge >= 0.3 is 0 Å². The highest BCUT2D eigenvalue weighted by Gasteiger charge is 2.17. The van der Waals surface area contributed by atoms with Crippen LogP contribution in [0.15, 0.2) is 50.7 Å². The van der Waals surface area contributed by atoms with E-state index in [0.717, 1.165) is 25.8 Å². The molecule has 1 heterocycles. The number of carbonyl (C=O) groups excluding carboxylic acids is 1. The Morgan fingerprint density at radius 2 is 1.89 bits per heavy atom. The van der Waals surface area contributed by atoms with Gasteiger partial charge in [-0.05, 0) is 49.0 Å². The van der Waals surface area contributed by atoms with Crippen molar-refractivity contribution in [2.75, 3.05) is 12.4 Å². The minimum Gasteiger partial charge on any atom is -0.496 e. The van der Waals surface area contributed by atoms with Gasteiger partial charge in [0.15, 0.2) is 10.2 Å². The maximum absolute atomic E-state index is 12.6. The summed E-state index contributed by atoms with van der Waals surface area (Å²) in [5.74, 6) is 0.152. The van der Waals surface area contributed by atoms with Gasteiger partial charge in [0.1, 0.15) is 5.75 Å². The molecular weight excluding hydrogens is 526 g/mol. The van der Waals surface area contributed by atoms with Crippen molar-refractivity contribution in [3.63, 3.8) is 0 Å². The number of hydrogen-bond donors (Lipinski definition) is 2. The number of methoxy groups -OCH3 is 1. The number of thiazole rings is 1. The van der Waals surface area contributed by atoms with Gasteiger partial charge in [-0.15, -0.1) is 11.3 Å². The van der Waals surface area contributed by atoms with E-state index in [9.17, 15) is 4.79 Å². The lowest BCUT2D eigenvalue weighted by Crippen LogP contribution is -2.34. The predicted molar refractivity (Wildman–Crippen MR) is 124 cm³/mol. The SMILES string of the molecule is COc1c(C)cc(Br)cc1C(=O)NC(=S)Nc1nc(-c2ccc(Br)cc2)cs1. The Hall–Kier alpha value is -1.81. The van der Waals surface area contributed by atoms with Gasteiger partial charge < -0.3 is 10.1 Å². The van der Waals surface area contributed by atoms with Gasteiger partial charge in [0, 0.05) is 19.9 Å². The molecule has 0 saturated heterocycles. The van der Waals surface area contributed by atoms with Crippen molar-refractivity contribution >= 4 is 71.6 Å². The van der Waals surface area contributed by atoms with Crippen molar-refractivity contribution < 1.29 is 9.53 Å². The van der Waals surface area contributed by atoms with E-state index < -0.39 is 0 Å². The largest absolute Gasteiger partial charge is 0.496 e. The van der Waals surface area contributed by atoms with Crippen LogP contribution in [-0.2, 0) is 0 Å². The molecule has 0 radical (unpaired) electrons. The summed E-state index contributed by atoms with van der Waals surface area (Å²) in [4.78, 5) is 17.1. The first kappa shape index (κ1) is 20.9. The van der Waals surface area contributed by atoms with E-state index in [2.05, 4.69) is 47.5 Å². The van der Waals surface area contributed by atoms with Gasteiger partial charge in [0.2, 0.25) is 0 Å². The van der Waals surface area contributed by atoms with Crippen molar-refractivity contribution in [3.05, 3.63) is 61.9 Å². The van der Waals surface area contributed by atoms with Gasteiger partial charge in [-0.25, -0.2) is 4.98 Å². The van der Waals surface area contributed by atoms with Crippen molar-refractivity contribution in [1.29, 1.82) is 0 Å². The Bertz CT molecular complexity index is 1040. The first-order valence-corrected chi connectivity index (χ1v) is 10.9. The molecule has 5 nitrogen and oxygen atoms in total. The number of benzene rings is 2. The van der Waals surface area contributed by atoms with Crippen LogP contribution in [-0.4, -0.2) is 23.1 Å². The summed E-state index contributed by atoms with van der Waals surface area (Å²) in [5, 5.41) is 8.32. The number of aryl methyl sites for hydroxylation is 1. The molecule has 0 saturated carbocycles. The number of carbonyl (C=O) groups is 1. The summed E-state index contributed by atoms with van der Waals surface area (Å²) in [5.41, 5.74) is 3.07. The van der Waals surface area contributed by atoms with Gasteiger partial charge in [-0.3, -0.25) is 10.1 Å². The summed E-state index contributed by atoms with van der Waals surface area (Å²) in [7, 11) is 1.53. The van der Waals surface area contributed by atoms with Gasteiger partial charge in [0.25, 0.3) is 5.91 Å². The zero-order chi connectivity index (χ0) is 20.3. The van der Waals surface area contributed by atoms with Crippen LogP contribution in [0.5, 0.6) is 5.75 Å². The van der Waals surface area contributed by atoms with Crippen LogP contribution in [0.1, 0.15) is 15.9 Å². The highest BCUT2D eigenvalue weighted by molar-refractivity contribution is 9.10. The van der Waals surface area contributed by atoms with Crippen LogP contribution < -0.4 is 15.4 Å². The Kier molecular flexibility index (Phi) is 6.82. The van der Waals surface area contributed by atoms with Crippen LogP contribution in [0.4, 0.5) is 5.13 Å². The lowest BCUT2D eigenvalue weighted by molar-refractivity contribution is 0.0974. The molecule has 1 aromatic heterocycles. The molecule has 3 rings (SSSR count). The zero-order valence-corrected chi connectivity index (χ0v) is 19.7. The molecule has 0 aliphatic rings. The molecule has 0 unspecified atom stereocenters. The van der Waals surface area contributed by atoms with E-state index >= 15 is 0 Å². The Labute approximate surface area is 188 Å².